The molecule has 25 heavy (non-hydrogen) atoms. The molecule has 7 heteroatoms. The number of rotatable bonds is 6. The number of aryl methyl sites for hydroxylation is 1. The lowest BCUT2D eigenvalue weighted by atomic mass is 10.2. The molecule has 1 amide bonds. The summed E-state index contributed by atoms with van der Waals surface area (Å²) in [6.45, 7) is 0.588. The average molecular weight is 361 g/mol. The Hall–Kier alpha value is -2.73. The maximum atomic E-state index is 12.1. The Morgan fingerprint density at radius 3 is 2.88 bits per heavy atom. The van der Waals surface area contributed by atoms with E-state index >= 15 is 0 Å². The van der Waals surface area contributed by atoms with Crippen LogP contribution >= 0.6 is 11.6 Å². The van der Waals surface area contributed by atoms with Crippen molar-refractivity contribution in [1.82, 2.24) is 9.88 Å². The summed E-state index contributed by atoms with van der Waals surface area (Å²) in [6, 6.07) is 12.4. The molecule has 0 saturated carbocycles. The van der Waals surface area contributed by atoms with E-state index in [0.29, 0.717) is 22.7 Å². The molecule has 0 fully saturated rings. The van der Waals surface area contributed by atoms with E-state index in [1.807, 2.05) is 24.3 Å². The fourth-order valence-corrected chi connectivity index (χ4v) is 2.76. The van der Waals surface area contributed by atoms with E-state index in [2.05, 4.69) is 5.32 Å². The first-order chi connectivity index (χ1) is 12.1. The molecular formula is C18H17ClN2O4. The number of oxazole rings is 1. The Balaban J connectivity index is 1.63. The number of nitrogens with one attached hydrogen (secondary N) is 1. The maximum Gasteiger partial charge on any atom is 0.419 e. The molecule has 0 saturated heterocycles. The zero-order valence-corrected chi connectivity index (χ0v) is 14.4. The van der Waals surface area contributed by atoms with Crippen LogP contribution in [-0.4, -0.2) is 17.6 Å². The van der Waals surface area contributed by atoms with Gasteiger partial charge in [0.2, 0.25) is 5.91 Å². The summed E-state index contributed by atoms with van der Waals surface area (Å²) in [4.78, 5) is 24.0. The molecule has 3 rings (SSSR count). The van der Waals surface area contributed by atoms with Gasteiger partial charge in [-0.2, -0.15) is 0 Å². The molecule has 0 radical (unpaired) electrons. The number of methoxy groups -OCH3 is 1. The quantitative estimate of drug-likeness (QED) is 0.733. The minimum atomic E-state index is -0.505. The summed E-state index contributed by atoms with van der Waals surface area (Å²) >= 11 is 5.89. The molecule has 0 aliphatic heterocycles. The number of nitrogens with zero attached hydrogens (tertiary/aromatic N) is 1. The van der Waals surface area contributed by atoms with Crippen LogP contribution in [0, 0.1) is 0 Å². The van der Waals surface area contributed by atoms with Gasteiger partial charge in [-0.05, 0) is 18.2 Å². The summed E-state index contributed by atoms with van der Waals surface area (Å²) in [5.41, 5.74) is 1.91. The van der Waals surface area contributed by atoms with Gasteiger partial charge in [0.05, 0.1) is 12.6 Å². The number of benzene rings is 2. The van der Waals surface area contributed by atoms with Gasteiger partial charge in [-0.15, -0.1) is 0 Å². The number of para-hydroxylation sites is 1. The molecule has 0 spiro atoms. The Bertz CT molecular complexity index is 961. The Morgan fingerprint density at radius 1 is 1.28 bits per heavy atom. The van der Waals surface area contributed by atoms with Gasteiger partial charge in [0.1, 0.15) is 5.75 Å². The standard InChI is InChI=1S/C18H17ClN2O4/c1-24-15-5-3-2-4-12(15)11-20-17(22)8-9-21-14-7-6-13(19)10-16(14)25-18(21)23/h2-7,10H,8-9,11H2,1H3,(H,20,22). The van der Waals surface area contributed by atoms with Gasteiger partial charge in [-0.1, -0.05) is 29.8 Å². The van der Waals surface area contributed by atoms with Crippen molar-refractivity contribution >= 4 is 28.6 Å². The number of aromatic nitrogens is 1. The van der Waals surface area contributed by atoms with Gasteiger partial charge in [0.25, 0.3) is 0 Å². The van der Waals surface area contributed by atoms with Crippen LogP contribution in [0.25, 0.3) is 11.1 Å². The highest BCUT2D eigenvalue weighted by molar-refractivity contribution is 6.31. The molecule has 2 aromatic carbocycles. The number of ether oxygens (including phenoxy) is 1. The number of carbonyl (C=O) groups is 1. The van der Waals surface area contributed by atoms with Crippen molar-refractivity contribution in [2.75, 3.05) is 7.11 Å². The zero-order valence-electron chi connectivity index (χ0n) is 13.6. The molecule has 1 N–H and O–H groups in total. The number of carbonyl (C=O) groups excluding carboxylic acids is 1. The van der Waals surface area contributed by atoms with Crippen molar-refractivity contribution in [2.24, 2.45) is 0 Å². The first-order valence-electron chi connectivity index (χ1n) is 7.76. The molecule has 0 unspecified atom stereocenters. The van der Waals surface area contributed by atoms with E-state index in [9.17, 15) is 9.59 Å². The number of amides is 1. The molecule has 0 atom stereocenters. The van der Waals surface area contributed by atoms with Gasteiger partial charge >= 0.3 is 5.76 Å². The highest BCUT2D eigenvalue weighted by Gasteiger charge is 2.11. The first kappa shape index (κ1) is 17.1. The minimum Gasteiger partial charge on any atom is -0.496 e. The predicted molar refractivity (Wildman–Crippen MR) is 94.9 cm³/mol. The number of hydrogen-bond acceptors (Lipinski definition) is 4. The highest BCUT2D eigenvalue weighted by Crippen LogP contribution is 2.19. The molecule has 0 aliphatic rings. The van der Waals surface area contributed by atoms with Crippen molar-refractivity contribution in [3.8, 4) is 5.75 Å². The average Bonchev–Trinajstić information content (AvgIpc) is 2.92. The largest absolute Gasteiger partial charge is 0.496 e. The van der Waals surface area contributed by atoms with Gasteiger partial charge in [0, 0.05) is 36.2 Å². The molecule has 1 aromatic heterocycles. The third kappa shape index (κ3) is 3.85. The van der Waals surface area contributed by atoms with Crippen molar-refractivity contribution in [1.29, 1.82) is 0 Å². The summed E-state index contributed by atoms with van der Waals surface area (Å²) in [6.07, 6.45) is 0.159. The fourth-order valence-electron chi connectivity index (χ4n) is 2.60. The van der Waals surface area contributed by atoms with Gasteiger partial charge in [-0.25, -0.2) is 4.79 Å². The third-order valence-electron chi connectivity index (χ3n) is 3.86. The van der Waals surface area contributed by atoms with E-state index in [4.69, 9.17) is 20.8 Å². The summed E-state index contributed by atoms with van der Waals surface area (Å²) in [7, 11) is 1.59. The van der Waals surface area contributed by atoms with Crippen LogP contribution in [0.1, 0.15) is 12.0 Å². The lowest BCUT2D eigenvalue weighted by Gasteiger charge is -2.09. The van der Waals surface area contributed by atoms with Gasteiger partial charge in [-0.3, -0.25) is 9.36 Å². The molecule has 1 heterocycles. The monoisotopic (exact) mass is 360 g/mol. The lowest BCUT2D eigenvalue weighted by molar-refractivity contribution is -0.121. The lowest BCUT2D eigenvalue weighted by Crippen LogP contribution is -2.26. The van der Waals surface area contributed by atoms with Crippen LogP contribution in [0.5, 0.6) is 5.75 Å². The van der Waals surface area contributed by atoms with E-state index in [-0.39, 0.29) is 18.9 Å². The number of fused-ring (bicyclic) bond motifs is 1. The molecule has 3 aromatic rings. The van der Waals surface area contributed by atoms with E-state index < -0.39 is 5.76 Å². The molecule has 0 bridgehead atoms. The minimum absolute atomic E-state index is 0.159. The normalized spacial score (nSPS) is 10.8. The zero-order chi connectivity index (χ0) is 17.8. The Labute approximate surface area is 149 Å². The number of hydrogen-bond donors (Lipinski definition) is 1. The maximum absolute atomic E-state index is 12.1. The SMILES string of the molecule is COc1ccccc1CNC(=O)CCn1c(=O)oc2cc(Cl)ccc21. The summed E-state index contributed by atoms with van der Waals surface area (Å²) < 4.78 is 11.8. The smallest absolute Gasteiger partial charge is 0.419 e. The van der Waals surface area contributed by atoms with Crippen LogP contribution in [0.15, 0.2) is 51.7 Å². The number of halogens is 1. The predicted octanol–water partition coefficient (Wildman–Crippen LogP) is 2.96. The van der Waals surface area contributed by atoms with E-state index in [1.54, 1.807) is 25.3 Å². The second-order valence-electron chi connectivity index (χ2n) is 5.47. The molecule has 6 nitrogen and oxygen atoms in total. The second kappa shape index (κ2) is 7.44. The van der Waals surface area contributed by atoms with E-state index in [1.165, 1.54) is 4.57 Å². The van der Waals surface area contributed by atoms with Crippen LogP contribution in [0.3, 0.4) is 0 Å². The van der Waals surface area contributed by atoms with E-state index in [0.717, 1.165) is 11.3 Å². The van der Waals surface area contributed by atoms with Crippen molar-refractivity contribution in [3.05, 3.63) is 63.6 Å². The summed E-state index contributed by atoms with van der Waals surface area (Å²) in [5.74, 6) is 0.0487. The molecule has 130 valence electrons. The first-order valence-corrected chi connectivity index (χ1v) is 8.14. The van der Waals surface area contributed by atoms with Crippen LogP contribution in [-0.2, 0) is 17.9 Å². The van der Waals surface area contributed by atoms with Crippen molar-refractivity contribution in [2.45, 2.75) is 19.5 Å². The second-order valence-corrected chi connectivity index (χ2v) is 5.91. The summed E-state index contributed by atoms with van der Waals surface area (Å²) in [5, 5.41) is 3.32. The highest BCUT2D eigenvalue weighted by atomic mass is 35.5. The topological polar surface area (TPSA) is 73.5 Å². The van der Waals surface area contributed by atoms with Crippen molar-refractivity contribution < 1.29 is 13.9 Å². The van der Waals surface area contributed by atoms with Crippen LogP contribution in [0.2, 0.25) is 5.02 Å². The van der Waals surface area contributed by atoms with Crippen LogP contribution in [0.4, 0.5) is 0 Å². The Morgan fingerprint density at radius 2 is 2.08 bits per heavy atom. The molecular weight excluding hydrogens is 344 g/mol. The van der Waals surface area contributed by atoms with Gasteiger partial charge < -0.3 is 14.5 Å². The third-order valence-corrected chi connectivity index (χ3v) is 4.10. The molecule has 0 aliphatic carbocycles. The van der Waals surface area contributed by atoms with Crippen molar-refractivity contribution in [3.63, 3.8) is 0 Å². The Kier molecular flexibility index (Phi) is 5.09. The van der Waals surface area contributed by atoms with Crippen LogP contribution < -0.4 is 15.8 Å². The van der Waals surface area contributed by atoms with Gasteiger partial charge in [0.15, 0.2) is 5.58 Å². The fraction of sp³-hybridized carbons (Fsp3) is 0.222.